The van der Waals surface area contributed by atoms with Crippen molar-refractivity contribution in [2.45, 2.75) is 6.42 Å². The van der Waals surface area contributed by atoms with E-state index < -0.39 is 0 Å². The smallest absolute Gasteiger partial charge is 0.143 e. The van der Waals surface area contributed by atoms with Crippen molar-refractivity contribution in [2.75, 3.05) is 0 Å². The molecule has 0 aromatic carbocycles. The first kappa shape index (κ1) is 10.3. The first-order chi connectivity index (χ1) is 7.31. The van der Waals surface area contributed by atoms with Gasteiger partial charge in [-0.3, -0.25) is 4.98 Å². The van der Waals surface area contributed by atoms with Crippen molar-refractivity contribution in [2.24, 2.45) is 0 Å². The van der Waals surface area contributed by atoms with E-state index in [1.54, 1.807) is 6.20 Å². The van der Waals surface area contributed by atoms with Crippen molar-refractivity contribution < 1.29 is 0 Å². The van der Waals surface area contributed by atoms with Gasteiger partial charge in [0.25, 0.3) is 0 Å². The Balaban J connectivity index is 2.40. The Morgan fingerprint density at radius 2 is 2.33 bits per heavy atom. The average Bonchev–Trinajstić information content (AvgIpc) is 2.63. The van der Waals surface area contributed by atoms with Crippen LogP contribution < -0.4 is 0 Å². The molecule has 0 aliphatic rings. The van der Waals surface area contributed by atoms with Gasteiger partial charge in [0.2, 0.25) is 0 Å². The van der Waals surface area contributed by atoms with Crippen LogP contribution in [0.4, 0.5) is 0 Å². The molecule has 74 valence electrons. The standard InChI is InChI=1S/C10H6BrN3S/c11-9-7(4-5-12)14-10(15-9)8-3-1-2-6-13-8/h1-3,6H,4H2. The maximum absolute atomic E-state index is 8.60. The van der Waals surface area contributed by atoms with E-state index in [9.17, 15) is 0 Å². The molecule has 2 heterocycles. The van der Waals surface area contributed by atoms with Gasteiger partial charge in [0, 0.05) is 6.20 Å². The summed E-state index contributed by atoms with van der Waals surface area (Å²) in [6.45, 7) is 0. The van der Waals surface area contributed by atoms with Crippen LogP contribution in [0.15, 0.2) is 28.2 Å². The lowest BCUT2D eigenvalue weighted by molar-refractivity contribution is 1.14. The Morgan fingerprint density at radius 1 is 1.47 bits per heavy atom. The summed E-state index contributed by atoms with van der Waals surface area (Å²) < 4.78 is 0.907. The first-order valence-electron chi connectivity index (χ1n) is 4.25. The molecule has 0 saturated carbocycles. The molecular formula is C10H6BrN3S. The molecule has 0 atom stereocenters. The number of halogens is 1. The molecule has 15 heavy (non-hydrogen) atoms. The Hall–Kier alpha value is -1.25. The Bertz CT molecular complexity index is 501. The number of nitriles is 1. The van der Waals surface area contributed by atoms with Crippen molar-refractivity contribution in [1.29, 1.82) is 5.26 Å². The number of hydrogen-bond acceptors (Lipinski definition) is 4. The summed E-state index contributed by atoms with van der Waals surface area (Å²) in [4.78, 5) is 8.56. The van der Waals surface area contributed by atoms with Gasteiger partial charge in [-0.25, -0.2) is 4.98 Å². The molecule has 0 fully saturated rings. The van der Waals surface area contributed by atoms with Crippen molar-refractivity contribution in [1.82, 2.24) is 9.97 Å². The van der Waals surface area contributed by atoms with Crippen LogP contribution in [0.3, 0.4) is 0 Å². The zero-order valence-electron chi connectivity index (χ0n) is 7.64. The van der Waals surface area contributed by atoms with E-state index in [1.165, 1.54) is 11.3 Å². The predicted octanol–water partition coefficient (Wildman–Crippen LogP) is 3.03. The Labute approximate surface area is 99.6 Å². The molecule has 0 unspecified atom stereocenters. The lowest BCUT2D eigenvalue weighted by Crippen LogP contribution is -1.84. The molecule has 3 nitrogen and oxygen atoms in total. The maximum atomic E-state index is 8.60. The largest absolute Gasteiger partial charge is 0.254 e. The van der Waals surface area contributed by atoms with Crippen LogP contribution in [0.2, 0.25) is 0 Å². The summed E-state index contributed by atoms with van der Waals surface area (Å²) in [5, 5.41) is 9.44. The van der Waals surface area contributed by atoms with Crippen LogP contribution in [0.5, 0.6) is 0 Å². The predicted molar refractivity (Wildman–Crippen MR) is 62.4 cm³/mol. The molecule has 2 aromatic heterocycles. The van der Waals surface area contributed by atoms with E-state index >= 15 is 0 Å². The minimum atomic E-state index is 0.323. The highest BCUT2D eigenvalue weighted by atomic mass is 79.9. The van der Waals surface area contributed by atoms with Crippen molar-refractivity contribution >= 4 is 27.3 Å². The molecule has 0 bridgehead atoms. The lowest BCUT2D eigenvalue weighted by atomic mass is 10.3. The van der Waals surface area contributed by atoms with Crippen LogP contribution in [-0.4, -0.2) is 9.97 Å². The third-order valence-corrected chi connectivity index (χ3v) is 3.63. The monoisotopic (exact) mass is 279 g/mol. The quantitative estimate of drug-likeness (QED) is 0.849. The van der Waals surface area contributed by atoms with Crippen LogP contribution in [0.1, 0.15) is 5.69 Å². The highest BCUT2D eigenvalue weighted by Crippen LogP contribution is 2.30. The van der Waals surface area contributed by atoms with Gasteiger partial charge in [-0.2, -0.15) is 5.26 Å². The summed E-state index contributed by atoms with van der Waals surface area (Å²) in [7, 11) is 0. The Kier molecular flexibility index (Phi) is 3.09. The van der Waals surface area contributed by atoms with Gasteiger partial charge in [0.15, 0.2) is 0 Å². The zero-order chi connectivity index (χ0) is 10.7. The van der Waals surface area contributed by atoms with E-state index in [2.05, 4.69) is 32.0 Å². The van der Waals surface area contributed by atoms with E-state index in [4.69, 9.17) is 5.26 Å². The number of pyridine rings is 1. The molecule has 0 saturated heterocycles. The molecule has 0 radical (unpaired) electrons. The third kappa shape index (κ3) is 2.22. The number of hydrogen-bond donors (Lipinski definition) is 0. The van der Waals surface area contributed by atoms with Gasteiger partial charge in [0.05, 0.1) is 27.7 Å². The van der Waals surface area contributed by atoms with Gasteiger partial charge in [0.1, 0.15) is 5.01 Å². The van der Waals surface area contributed by atoms with Crippen LogP contribution in [0, 0.1) is 11.3 Å². The molecule has 0 aliphatic heterocycles. The number of rotatable bonds is 2. The molecule has 0 N–H and O–H groups in total. The fourth-order valence-corrected chi connectivity index (χ4v) is 2.59. The summed E-state index contributed by atoms with van der Waals surface area (Å²) in [5.41, 5.74) is 1.62. The molecule has 5 heteroatoms. The second-order valence-corrected chi connectivity index (χ2v) is 5.11. The minimum Gasteiger partial charge on any atom is -0.254 e. The van der Waals surface area contributed by atoms with E-state index in [-0.39, 0.29) is 0 Å². The second kappa shape index (κ2) is 4.51. The highest BCUT2D eigenvalue weighted by molar-refractivity contribution is 9.11. The van der Waals surface area contributed by atoms with Gasteiger partial charge in [-0.15, -0.1) is 11.3 Å². The average molecular weight is 280 g/mol. The fraction of sp³-hybridized carbons (Fsp3) is 0.100. The van der Waals surface area contributed by atoms with E-state index in [0.29, 0.717) is 6.42 Å². The van der Waals surface area contributed by atoms with Crippen molar-refractivity contribution in [3.05, 3.63) is 33.9 Å². The van der Waals surface area contributed by atoms with Crippen molar-refractivity contribution in [3.63, 3.8) is 0 Å². The van der Waals surface area contributed by atoms with Gasteiger partial charge in [-0.1, -0.05) is 6.07 Å². The normalized spacial score (nSPS) is 9.87. The summed E-state index contributed by atoms with van der Waals surface area (Å²) >= 11 is 4.89. The zero-order valence-corrected chi connectivity index (χ0v) is 10.0. The van der Waals surface area contributed by atoms with E-state index in [0.717, 1.165) is 20.2 Å². The topological polar surface area (TPSA) is 49.6 Å². The number of thiazole rings is 1. The van der Waals surface area contributed by atoms with Gasteiger partial charge >= 0.3 is 0 Å². The molecular weight excluding hydrogens is 274 g/mol. The second-order valence-electron chi connectivity index (χ2n) is 2.79. The first-order valence-corrected chi connectivity index (χ1v) is 5.86. The lowest BCUT2D eigenvalue weighted by Gasteiger charge is -1.91. The number of nitrogens with zero attached hydrogens (tertiary/aromatic N) is 3. The van der Waals surface area contributed by atoms with Crippen molar-refractivity contribution in [3.8, 4) is 16.8 Å². The molecule has 0 aliphatic carbocycles. The van der Waals surface area contributed by atoms with Gasteiger partial charge in [-0.05, 0) is 28.1 Å². The maximum Gasteiger partial charge on any atom is 0.143 e. The Morgan fingerprint density at radius 3 is 3.00 bits per heavy atom. The molecule has 0 spiro atoms. The highest BCUT2D eigenvalue weighted by Gasteiger charge is 2.10. The van der Waals surface area contributed by atoms with Crippen LogP contribution in [0.25, 0.3) is 10.7 Å². The fourth-order valence-electron chi connectivity index (χ4n) is 1.12. The molecule has 0 amide bonds. The summed E-state index contributed by atoms with van der Waals surface area (Å²) in [6.07, 6.45) is 2.05. The van der Waals surface area contributed by atoms with Gasteiger partial charge < -0.3 is 0 Å². The van der Waals surface area contributed by atoms with Crippen LogP contribution >= 0.6 is 27.3 Å². The van der Waals surface area contributed by atoms with Crippen LogP contribution in [-0.2, 0) is 6.42 Å². The number of aromatic nitrogens is 2. The van der Waals surface area contributed by atoms with E-state index in [1.807, 2.05) is 18.2 Å². The molecule has 2 rings (SSSR count). The summed E-state index contributed by atoms with van der Waals surface area (Å²) in [5.74, 6) is 0. The molecule has 2 aromatic rings. The summed E-state index contributed by atoms with van der Waals surface area (Å²) in [6, 6.07) is 7.77. The SMILES string of the molecule is N#CCc1nc(-c2ccccn2)sc1Br. The minimum absolute atomic E-state index is 0.323. The third-order valence-electron chi connectivity index (χ3n) is 1.78.